The van der Waals surface area contributed by atoms with Crippen LogP contribution >= 0.6 is 0 Å². The molecule has 0 saturated carbocycles. The number of aryl methyl sites for hydroxylation is 2. The summed E-state index contributed by atoms with van der Waals surface area (Å²) in [5.74, 6) is -0.479. The summed E-state index contributed by atoms with van der Waals surface area (Å²) in [6.07, 6.45) is 2.29. The molecule has 2 aromatic heterocycles. The molecule has 0 saturated heterocycles. The van der Waals surface area contributed by atoms with Gasteiger partial charge in [-0.3, -0.25) is 9.36 Å². The maximum absolute atomic E-state index is 11.7. The summed E-state index contributed by atoms with van der Waals surface area (Å²) < 4.78 is 54.2. The molecule has 0 aliphatic rings. The largest absolute Gasteiger partial charge is 0.467 e. The Morgan fingerprint density at radius 1 is 0.853 bits per heavy atom. The molecule has 194 valence electrons. The summed E-state index contributed by atoms with van der Waals surface area (Å²) in [5.41, 5.74) is 0.211. The van der Waals surface area contributed by atoms with Crippen LogP contribution in [0, 0.1) is 27.7 Å². The number of aliphatic hydroxyl groups excluding tert-OH is 1. The molecule has 13 heteroatoms. The average molecular weight is 521 g/mol. The van der Waals surface area contributed by atoms with Gasteiger partial charge in [0.2, 0.25) is 0 Å². The molecule has 2 heterocycles. The number of nitrogens with zero attached hydrogens (tertiary/aromatic N) is 4. The van der Waals surface area contributed by atoms with Crippen molar-refractivity contribution in [3.63, 3.8) is 0 Å². The van der Waals surface area contributed by atoms with Gasteiger partial charge in [0.15, 0.2) is 25.2 Å². The van der Waals surface area contributed by atoms with E-state index in [-0.39, 0.29) is 16.4 Å². The van der Waals surface area contributed by atoms with Crippen LogP contribution < -0.4 is 0 Å². The zero-order valence-electron chi connectivity index (χ0n) is 21.7. The number of rotatable bonds is 6. The van der Waals surface area contributed by atoms with Crippen LogP contribution in [-0.2, 0) is 40.3 Å². The molecule has 2 rings (SSSR count). The Bertz CT molecular complexity index is 1280. The Labute approximate surface area is 202 Å². The first kappa shape index (κ1) is 29.8. The van der Waals surface area contributed by atoms with Crippen molar-refractivity contribution in [3.8, 4) is 0 Å². The van der Waals surface area contributed by atoms with Gasteiger partial charge in [-0.1, -0.05) is 0 Å². The fraction of sp³-hybridized carbons (Fsp3) is 0.667. The third kappa shape index (κ3) is 5.87. The van der Waals surface area contributed by atoms with Crippen LogP contribution in [0.5, 0.6) is 0 Å². The molecule has 0 fully saturated rings. The van der Waals surface area contributed by atoms with Gasteiger partial charge in [-0.05, 0) is 55.4 Å². The van der Waals surface area contributed by atoms with Crippen LogP contribution in [0.15, 0.2) is 9.79 Å². The Morgan fingerprint density at radius 3 is 1.50 bits per heavy atom. The molecule has 0 bridgehead atoms. The van der Waals surface area contributed by atoms with Crippen LogP contribution in [0.25, 0.3) is 0 Å². The molecule has 0 radical (unpaired) electrons. The summed E-state index contributed by atoms with van der Waals surface area (Å²) >= 11 is 0. The first-order chi connectivity index (χ1) is 15.1. The van der Waals surface area contributed by atoms with Gasteiger partial charge in [-0.2, -0.15) is 10.2 Å². The number of esters is 1. The lowest BCUT2D eigenvalue weighted by atomic mass is 10.1. The van der Waals surface area contributed by atoms with Crippen molar-refractivity contribution in [2.75, 3.05) is 26.2 Å². The van der Waals surface area contributed by atoms with Crippen molar-refractivity contribution in [3.05, 3.63) is 22.8 Å². The molecule has 0 aliphatic heterocycles. The molecule has 0 amide bonds. The smallest absolute Gasteiger partial charge is 0.333 e. The topological polar surface area (TPSA) is 150 Å². The second-order valence-corrected chi connectivity index (χ2v) is 13.3. The fourth-order valence-electron chi connectivity index (χ4n) is 3.87. The third-order valence-electron chi connectivity index (χ3n) is 5.37. The van der Waals surface area contributed by atoms with Crippen molar-refractivity contribution >= 4 is 25.6 Å². The predicted octanol–water partition coefficient (Wildman–Crippen LogP) is 1.44. The number of carbonyl (C=O) groups is 1. The van der Waals surface area contributed by atoms with E-state index in [1.165, 1.54) is 18.0 Å². The first-order valence-corrected chi connectivity index (χ1v) is 14.2. The number of aliphatic hydroxyl groups is 1. The van der Waals surface area contributed by atoms with E-state index in [0.717, 1.165) is 6.26 Å². The molecule has 0 aliphatic carbocycles. The molecular weight excluding hydrogens is 484 g/mol. The van der Waals surface area contributed by atoms with Gasteiger partial charge in [-0.15, -0.1) is 0 Å². The van der Waals surface area contributed by atoms with Crippen molar-refractivity contribution < 1.29 is 31.5 Å². The number of carbonyl (C=O) groups excluding carboxylic acids is 1. The minimum Gasteiger partial charge on any atom is -0.467 e. The van der Waals surface area contributed by atoms with E-state index in [1.807, 2.05) is 0 Å². The second-order valence-electron chi connectivity index (χ2n) is 9.39. The van der Waals surface area contributed by atoms with Crippen LogP contribution in [0.4, 0.5) is 0 Å². The minimum atomic E-state index is -3.37. The van der Waals surface area contributed by atoms with Crippen molar-refractivity contribution in [2.24, 2.45) is 0 Å². The van der Waals surface area contributed by atoms with Crippen molar-refractivity contribution in [2.45, 2.75) is 76.3 Å². The normalized spacial score (nSPS) is 12.8. The quantitative estimate of drug-likeness (QED) is 0.558. The number of sulfone groups is 2. The summed E-state index contributed by atoms with van der Waals surface area (Å²) in [5, 5.41) is 17.6. The van der Waals surface area contributed by atoms with Crippen LogP contribution in [0.3, 0.4) is 0 Å². The van der Waals surface area contributed by atoms with E-state index >= 15 is 0 Å². The molecule has 0 atom stereocenters. The average Bonchev–Trinajstić information content (AvgIpc) is 3.16. The van der Waals surface area contributed by atoms with Gasteiger partial charge in [0, 0.05) is 12.5 Å². The summed E-state index contributed by atoms with van der Waals surface area (Å²) in [7, 11) is -5.36. The van der Waals surface area contributed by atoms with Gasteiger partial charge in [0.25, 0.3) is 0 Å². The van der Waals surface area contributed by atoms with Gasteiger partial charge in [0.05, 0.1) is 42.0 Å². The SMILES string of the molecule is COC(=O)C(C)(C)n1nc(C)c(S(C)(=O)=O)c1C.Cc1nn(C(C)(C)CO)c(C)c1S(C)(=O)=O. The Balaban J connectivity index is 0.000000342. The molecule has 0 unspecified atom stereocenters. The molecule has 0 aromatic carbocycles. The number of hydrogen-bond acceptors (Lipinski definition) is 9. The highest BCUT2D eigenvalue weighted by Gasteiger charge is 2.36. The van der Waals surface area contributed by atoms with E-state index in [0.29, 0.717) is 22.8 Å². The van der Waals surface area contributed by atoms with Crippen LogP contribution in [-0.4, -0.2) is 73.7 Å². The van der Waals surface area contributed by atoms with Gasteiger partial charge in [-0.25, -0.2) is 21.6 Å². The monoisotopic (exact) mass is 520 g/mol. The van der Waals surface area contributed by atoms with Crippen LogP contribution in [0.1, 0.15) is 50.5 Å². The Morgan fingerprint density at radius 2 is 1.21 bits per heavy atom. The van der Waals surface area contributed by atoms with Crippen LogP contribution in [0.2, 0.25) is 0 Å². The minimum absolute atomic E-state index is 0.0990. The molecule has 2 aromatic rings. The van der Waals surface area contributed by atoms with E-state index in [9.17, 15) is 26.7 Å². The van der Waals surface area contributed by atoms with E-state index in [1.54, 1.807) is 60.1 Å². The van der Waals surface area contributed by atoms with E-state index in [4.69, 9.17) is 4.74 Å². The summed E-state index contributed by atoms with van der Waals surface area (Å²) in [6.45, 7) is 13.4. The first-order valence-electron chi connectivity index (χ1n) is 10.4. The summed E-state index contributed by atoms with van der Waals surface area (Å²) in [6, 6.07) is 0. The standard InChI is InChI=1S/C11H18N2O4S.C10H18N2O3S/c1-7-9(18(6,15)16)8(2)13(12-7)11(3,4)10(14)17-5;1-7-9(16(5,14)15)8(2)12(11-7)10(3,4)6-13/h1-6H3;13H,6H2,1-5H3. The second kappa shape index (κ2) is 9.78. The highest BCUT2D eigenvalue weighted by molar-refractivity contribution is 7.91. The van der Waals surface area contributed by atoms with E-state index < -0.39 is 36.7 Å². The van der Waals surface area contributed by atoms with Gasteiger partial charge < -0.3 is 9.84 Å². The lowest BCUT2D eigenvalue weighted by molar-refractivity contribution is -0.150. The Kier molecular flexibility index (Phi) is 8.57. The maximum atomic E-state index is 11.7. The van der Waals surface area contributed by atoms with Gasteiger partial charge in [0.1, 0.15) is 9.79 Å². The zero-order valence-corrected chi connectivity index (χ0v) is 23.3. The Hall–Kier alpha value is -2.25. The fourth-order valence-corrected chi connectivity index (χ4v) is 6.27. The molecule has 0 spiro atoms. The summed E-state index contributed by atoms with van der Waals surface area (Å²) in [4.78, 5) is 12.1. The number of methoxy groups -OCH3 is 1. The number of aromatic nitrogens is 4. The highest BCUT2D eigenvalue weighted by Crippen LogP contribution is 2.26. The number of hydrogen-bond donors (Lipinski definition) is 1. The highest BCUT2D eigenvalue weighted by atomic mass is 32.2. The number of ether oxygens (including phenoxy) is 1. The molecule has 34 heavy (non-hydrogen) atoms. The van der Waals surface area contributed by atoms with Crippen molar-refractivity contribution in [1.29, 1.82) is 0 Å². The van der Waals surface area contributed by atoms with Gasteiger partial charge >= 0.3 is 5.97 Å². The predicted molar refractivity (Wildman–Crippen MR) is 127 cm³/mol. The lowest BCUT2D eigenvalue weighted by Crippen LogP contribution is -2.38. The molecular formula is C21H36N4O7S2. The molecule has 11 nitrogen and oxygen atoms in total. The van der Waals surface area contributed by atoms with Crippen molar-refractivity contribution in [1.82, 2.24) is 19.6 Å². The zero-order chi connectivity index (χ0) is 27.0. The maximum Gasteiger partial charge on any atom is 0.333 e. The van der Waals surface area contributed by atoms with E-state index in [2.05, 4.69) is 10.2 Å². The lowest BCUT2D eigenvalue weighted by Gasteiger charge is -2.24. The third-order valence-corrected chi connectivity index (χ3v) is 8.03. The molecule has 1 N–H and O–H groups in total.